The number of hydrogen-bond donors (Lipinski definition) is 1. The lowest BCUT2D eigenvalue weighted by atomic mass is 10.1. The summed E-state index contributed by atoms with van der Waals surface area (Å²) in [7, 11) is 0. The third kappa shape index (κ3) is 4.35. The normalized spacial score (nSPS) is 13.8. The molecule has 0 saturated carbocycles. The number of nitrogens with zero attached hydrogens (tertiary/aromatic N) is 4. The van der Waals surface area contributed by atoms with Gasteiger partial charge in [0.25, 0.3) is 5.91 Å². The van der Waals surface area contributed by atoms with Crippen molar-refractivity contribution in [3.05, 3.63) is 77.5 Å². The Morgan fingerprint density at radius 3 is 2.68 bits per heavy atom. The van der Waals surface area contributed by atoms with E-state index in [0.29, 0.717) is 17.1 Å². The molecule has 1 aromatic heterocycles. The molecule has 4 rings (SSSR count). The van der Waals surface area contributed by atoms with Crippen LogP contribution in [0.25, 0.3) is 0 Å². The molecule has 0 atom stereocenters. The third-order valence-corrected chi connectivity index (χ3v) is 4.88. The zero-order chi connectivity index (χ0) is 22.0. The first-order valence-electron chi connectivity index (χ1n) is 9.65. The maximum Gasteiger partial charge on any atom is 0.273 e. The van der Waals surface area contributed by atoms with Crippen molar-refractivity contribution in [3.8, 4) is 0 Å². The van der Waals surface area contributed by atoms with E-state index >= 15 is 0 Å². The standard InChI is InChI=1S/C22H19F2N5O2/c1-14-12-25-28(13-15-11-16(23)7-8-18(15)24)21(14)26-22(31)19-9-10-20(30)29(27-19)17-5-3-2-4-6-17/h2-8,11-12H,9-10,13H2,1H3,(H,26,31). The lowest BCUT2D eigenvalue weighted by Gasteiger charge is -2.23. The van der Waals surface area contributed by atoms with Gasteiger partial charge in [-0.25, -0.2) is 18.5 Å². The lowest BCUT2D eigenvalue weighted by Crippen LogP contribution is -2.36. The van der Waals surface area contributed by atoms with Gasteiger partial charge in [-0.3, -0.25) is 9.59 Å². The van der Waals surface area contributed by atoms with Crippen LogP contribution in [0.2, 0.25) is 0 Å². The summed E-state index contributed by atoms with van der Waals surface area (Å²) in [6, 6.07) is 12.0. The van der Waals surface area contributed by atoms with Crippen molar-refractivity contribution in [2.24, 2.45) is 5.10 Å². The van der Waals surface area contributed by atoms with E-state index in [0.717, 1.165) is 18.2 Å². The summed E-state index contributed by atoms with van der Waals surface area (Å²) in [4.78, 5) is 25.1. The Morgan fingerprint density at radius 2 is 1.90 bits per heavy atom. The zero-order valence-corrected chi connectivity index (χ0v) is 16.7. The number of hydrogen-bond acceptors (Lipinski definition) is 4. The van der Waals surface area contributed by atoms with Crippen LogP contribution in [0.4, 0.5) is 20.3 Å². The predicted molar refractivity (Wildman–Crippen MR) is 112 cm³/mol. The highest BCUT2D eigenvalue weighted by Crippen LogP contribution is 2.22. The first-order chi connectivity index (χ1) is 14.9. The van der Waals surface area contributed by atoms with Gasteiger partial charge < -0.3 is 5.32 Å². The Kier molecular flexibility index (Phi) is 5.57. The highest BCUT2D eigenvalue weighted by Gasteiger charge is 2.26. The molecule has 0 spiro atoms. The van der Waals surface area contributed by atoms with E-state index in [9.17, 15) is 18.4 Å². The highest BCUT2D eigenvalue weighted by molar-refractivity contribution is 6.44. The maximum absolute atomic E-state index is 14.0. The van der Waals surface area contributed by atoms with Crippen LogP contribution in [-0.2, 0) is 16.1 Å². The van der Waals surface area contributed by atoms with Gasteiger partial charge in [0, 0.05) is 24.0 Å². The van der Waals surface area contributed by atoms with E-state index in [1.54, 1.807) is 31.2 Å². The fraction of sp³-hybridized carbons (Fsp3) is 0.182. The number of para-hydroxylation sites is 1. The summed E-state index contributed by atoms with van der Waals surface area (Å²) in [5.41, 5.74) is 1.51. The summed E-state index contributed by atoms with van der Waals surface area (Å²) >= 11 is 0. The van der Waals surface area contributed by atoms with Gasteiger partial charge in [-0.15, -0.1) is 0 Å². The van der Waals surface area contributed by atoms with Crippen LogP contribution in [-0.4, -0.2) is 27.3 Å². The van der Waals surface area contributed by atoms with Crippen LogP contribution in [0.3, 0.4) is 0 Å². The van der Waals surface area contributed by atoms with Crippen LogP contribution >= 0.6 is 0 Å². The van der Waals surface area contributed by atoms with Gasteiger partial charge in [0.1, 0.15) is 23.2 Å². The van der Waals surface area contributed by atoms with Crippen LogP contribution in [0.1, 0.15) is 24.0 Å². The molecular formula is C22H19F2N5O2. The number of aryl methyl sites for hydroxylation is 1. The number of nitrogens with one attached hydrogen (secondary N) is 1. The molecule has 2 heterocycles. The van der Waals surface area contributed by atoms with Gasteiger partial charge in [0.15, 0.2) is 0 Å². The summed E-state index contributed by atoms with van der Waals surface area (Å²) in [5.74, 6) is -1.48. The van der Waals surface area contributed by atoms with Gasteiger partial charge >= 0.3 is 0 Å². The van der Waals surface area contributed by atoms with Crippen LogP contribution in [0.5, 0.6) is 0 Å². The predicted octanol–water partition coefficient (Wildman–Crippen LogP) is 3.64. The van der Waals surface area contributed by atoms with Crippen molar-refractivity contribution in [3.63, 3.8) is 0 Å². The Morgan fingerprint density at radius 1 is 1.13 bits per heavy atom. The number of carbonyl (C=O) groups is 2. The van der Waals surface area contributed by atoms with Gasteiger partial charge in [0.2, 0.25) is 5.91 Å². The quantitative estimate of drug-likeness (QED) is 0.681. The van der Waals surface area contributed by atoms with E-state index < -0.39 is 17.5 Å². The fourth-order valence-corrected chi connectivity index (χ4v) is 3.25. The number of anilines is 2. The number of halogens is 2. The smallest absolute Gasteiger partial charge is 0.273 e. The highest BCUT2D eigenvalue weighted by atomic mass is 19.1. The summed E-state index contributed by atoms with van der Waals surface area (Å²) in [5, 5.41) is 12.4. The van der Waals surface area contributed by atoms with Crippen molar-refractivity contribution in [2.75, 3.05) is 10.3 Å². The van der Waals surface area contributed by atoms with E-state index in [2.05, 4.69) is 15.5 Å². The van der Waals surface area contributed by atoms with Crippen molar-refractivity contribution in [1.82, 2.24) is 9.78 Å². The minimum atomic E-state index is -0.569. The molecule has 0 bridgehead atoms. The Bertz CT molecular complexity index is 1170. The zero-order valence-electron chi connectivity index (χ0n) is 16.7. The molecule has 0 unspecified atom stereocenters. The molecule has 0 radical (unpaired) electrons. The molecule has 2 amide bonds. The molecule has 158 valence electrons. The molecule has 2 aromatic carbocycles. The van der Waals surface area contributed by atoms with Crippen molar-refractivity contribution in [2.45, 2.75) is 26.3 Å². The first-order valence-corrected chi connectivity index (χ1v) is 9.65. The summed E-state index contributed by atoms with van der Waals surface area (Å²) in [6.07, 6.45) is 1.86. The molecule has 3 aromatic rings. The maximum atomic E-state index is 14.0. The molecule has 1 aliphatic rings. The molecule has 7 nitrogen and oxygen atoms in total. The van der Waals surface area contributed by atoms with Crippen LogP contribution in [0.15, 0.2) is 59.8 Å². The summed E-state index contributed by atoms with van der Waals surface area (Å²) < 4.78 is 28.9. The molecular weight excluding hydrogens is 404 g/mol. The Hall–Kier alpha value is -3.88. The van der Waals surface area contributed by atoms with Crippen molar-refractivity contribution in [1.29, 1.82) is 0 Å². The van der Waals surface area contributed by atoms with E-state index in [1.807, 2.05) is 6.07 Å². The summed E-state index contributed by atoms with van der Waals surface area (Å²) in [6.45, 7) is 1.68. The van der Waals surface area contributed by atoms with Crippen LogP contribution in [0, 0.1) is 18.6 Å². The second-order valence-corrected chi connectivity index (χ2v) is 7.11. The molecule has 31 heavy (non-hydrogen) atoms. The second-order valence-electron chi connectivity index (χ2n) is 7.11. The van der Waals surface area contributed by atoms with E-state index in [-0.39, 0.29) is 36.6 Å². The van der Waals surface area contributed by atoms with Gasteiger partial charge in [-0.1, -0.05) is 18.2 Å². The SMILES string of the molecule is Cc1cnn(Cc2cc(F)ccc2F)c1NC(=O)C1=NN(c2ccccc2)C(=O)CC1. The average Bonchev–Trinajstić information content (AvgIpc) is 3.11. The molecule has 1 aliphatic heterocycles. The molecule has 1 N–H and O–H groups in total. The first kappa shape index (κ1) is 20.4. The number of carbonyl (C=O) groups excluding carboxylic acids is 2. The number of hydrazone groups is 1. The average molecular weight is 423 g/mol. The van der Waals surface area contributed by atoms with Crippen molar-refractivity contribution < 1.29 is 18.4 Å². The molecule has 9 heteroatoms. The number of rotatable bonds is 5. The van der Waals surface area contributed by atoms with Gasteiger partial charge in [0.05, 0.1) is 18.4 Å². The lowest BCUT2D eigenvalue weighted by molar-refractivity contribution is -0.118. The molecule has 0 aliphatic carbocycles. The molecule has 0 fully saturated rings. The minimum Gasteiger partial charge on any atom is -0.305 e. The van der Waals surface area contributed by atoms with E-state index in [1.165, 1.54) is 15.9 Å². The Balaban J connectivity index is 1.57. The fourth-order valence-electron chi connectivity index (χ4n) is 3.25. The van der Waals surface area contributed by atoms with E-state index in [4.69, 9.17) is 0 Å². The molecule has 0 saturated heterocycles. The van der Waals surface area contributed by atoms with Crippen LogP contribution < -0.4 is 10.3 Å². The number of amides is 2. The third-order valence-electron chi connectivity index (χ3n) is 4.88. The monoisotopic (exact) mass is 423 g/mol. The second kappa shape index (κ2) is 8.47. The Labute approximate surface area is 177 Å². The largest absolute Gasteiger partial charge is 0.305 e. The number of aromatic nitrogens is 2. The van der Waals surface area contributed by atoms with Gasteiger partial charge in [-0.2, -0.15) is 10.2 Å². The van der Waals surface area contributed by atoms with Crippen molar-refractivity contribution >= 4 is 29.0 Å². The van der Waals surface area contributed by atoms with Gasteiger partial charge in [-0.05, 0) is 37.3 Å². The minimum absolute atomic E-state index is 0.0614. The number of benzene rings is 2. The topological polar surface area (TPSA) is 79.6 Å².